The van der Waals surface area contributed by atoms with Gasteiger partial charge in [0.15, 0.2) is 0 Å². The first-order chi connectivity index (χ1) is 11.6. The Morgan fingerprint density at radius 3 is 2.88 bits per heavy atom. The van der Waals surface area contributed by atoms with E-state index in [1.165, 1.54) is 4.68 Å². The predicted molar refractivity (Wildman–Crippen MR) is 91.2 cm³/mol. The molecule has 0 saturated carbocycles. The normalized spacial score (nSPS) is 20.6. The maximum Gasteiger partial charge on any atom is 0.267 e. The van der Waals surface area contributed by atoms with Crippen LogP contribution >= 0.6 is 0 Å². The van der Waals surface area contributed by atoms with E-state index in [1.54, 1.807) is 12.1 Å². The third-order valence-electron chi connectivity index (χ3n) is 4.42. The van der Waals surface area contributed by atoms with Gasteiger partial charge >= 0.3 is 0 Å². The number of nitrogens with one attached hydrogen (secondary N) is 1. The molecule has 0 radical (unpaired) electrons. The van der Waals surface area contributed by atoms with Crippen molar-refractivity contribution in [2.75, 3.05) is 18.5 Å². The summed E-state index contributed by atoms with van der Waals surface area (Å²) in [4.78, 5) is 16.8. The number of imidazole rings is 1. The van der Waals surface area contributed by atoms with Crippen LogP contribution in [0.15, 0.2) is 41.2 Å². The monoisotopic (exact) mass is 325 g/mol. The Labute approximate surface area is 138 Å². The number of para-hydroxylation sites is 2. The number of anilines is 1. The van der Waals surface area contributed by atoms with Gasteiger partial charge in [-0.15, -0.1) is 0 Å². The van der Waals surface area contributed by atoms with Gasteiger partial charge in [-0.1, -0.05) is 12.1 Å². The topological polar surface area (TPSA) is 74.0 Å². The van der Waals surface area contributed by atoms with Gasteiger partial charge < -0.3 is 14.6 Å². The van der Waals surface area contributed by atoms with E-state index in [0.717, 1.165) is 22.7 Å². The second-order valence-corrected chi connectivity index (χ2v) is 6.10. The number of hydrogen-bond acceptors (Lipinski definition) is 5. The number of ether oxygens (including phenoxy) is 1. The minimum Gasteiger partial charge on any atom is -0.377 e. The number of aryl methyl sites for hydroxylation is 2. The molecule has 1 fully saturated rings. The molecule has 0 spiro atoms. The number of hydrogen-bond donors (Lipinski definition) is 1. The van der Waals surface area contributed by atoms with Crippen LogP contribution in [0.3, 0.4) is 0 Å². The third kappa shape index (κ3) is 2.46. The first-order valence-electron chi connectivity index (χ1n) is 7.96. The Morgan fingerprint density at radius 1 is 1.21 bits per heavy atom. The molecule has 3 heterocycles. The van der Waals surface area contributed by atoms with Crippen LogP contribution in [0.1, 0.15) is 11.7 Å². The zero-order valence-electron chi connectivity index (χ0n) is 13.6. The van der Waals surface area contributed by atoms with Crippen LogP contribution < -0.4 is 10.9 Å². The van der Waals surface area contributed by atoms with Crippen molar-refractivity contribution >= 4 is 17.0 Å². The Bertz CT molecular complexity index is 946. The van der Waals surface area contributed by atoms with E-state index in [1.807, 2.05) is 42.8 Å². The average molecular weight is 325 g/mol. The predicted octanol–water partition coefficient (Wildman–Crippen LogP) is 1.49. The number of benzene rings is 1. The van der Waals surface area contributed by atoms with E-state index in [4.69, 9.17) is 4.74 Å². The summed E-state index contributed by atoms with van der Waals surface area (Å²) < 4.78 is 9.13. The zero-order chi connectivity index (χ0) is 16.7. The molecule has 1 N–H and O–H groups in total. The van der Waals surface area contributed by atoms with Crippen molar-refractivity contribution in [3.05, 3.63) is 52.4 Å². The summed E-state index contributed by atoms with van der Waals surface area (Å²) >= 11 is 0. The molecule has 7 heteroatoms. The van der Waals surface area contributed by atoms with Gasteiger partial charge in [-0.2, -0.15) is 5.10 Å². The molecule has 2 atom stereocenters. The number of fused-ring (bicyclic) bond motifs is 1. The summed E-state index contributed by atoms with van der Waals surface area (Å²) in [6, 6.07) is 11.0. The molecule has 1 aromatic carbocycles. The summed E-state index contributed by atoms with van der Waals surface area (Å²) in [7, 11) is 1.97. The Morgan fingerprint density at radius 2 is 2.04 bits per heavy atom. The van der Waals surface area contributed by atoms with Gasteiger partial charge in [0.05, 0.1) is 36.0 Å². The summed E-state index contributed by atoms with van der Waals surface area (Å²) in [5.74, 6) is 0.761. The number of aromatic nitrogens is 4. The Kier molecular flexibility index (Phi) is 3.57. The van der Waals surface area contributed by atoms with E-state index < -0.39 is 0 Å². The van der Waals surface area contributed by atoms with Crippen LogP contribution in [0, 0.1) is 6.92 Å². The van der Waals surface area contributed by atoms with Gasteiger partial charge in [-0.3, -0.25) is 4.79 Å². The molecule has 0 aliphatic carbocycles. The van der Waals surface area contributed by atoms with Crippen molar-refractivity contribution in [3.63, 3.8) is 0 Å². The van der Waals surface area contributed by atoms with Crippen molar-refractivity contribution in [1.82, 2.24) is 19.3 Å². The van der Waals surface area contributed by atoms with Crippen molar-refractivity contribution in [2.24, 2.45) is 7.05 Å². The van der Waals surface area contributed by atoms with Gasteiger partial charge in [0, 0.05) is 13.1 Å². The van der Waals surface area contributed by atoms with Crippen LogP contribution in [0.4, 0.5) is 5.95 Å². The average Bonchev–Trinajstić information content (AvgIpc) is 3.16. The maximum atomic E-state index is 12.2. The Balaban J connectivity index is 1.66. The molecule has 7 nitrogen and oxygen atoms in total. The van der Waals surface area contributed by atoms with Crippen LogP contribution in [0.25, 0.3) is 11.0 Å². The smallest absolute Gasteiger partial charge is 0.267 e. The maximum absolute atomic E-state index is 12.2. The largest absolute Gasteiger partial charge is 0.377 e. The van der Waals surface area contributed by atoms with E-state index in [0.29, 0.717) is 13.2 Å². The molecule has 4 rings (SSSR count). The summed E-state index contributed by atoms with van der Waals surface area (Å²) in [5.41, 5.74) is 2.68. The molecule has 124 valence electrons. The second kappa shape index (κ2) is 5.76. The lowest BCUT2D eigenvalue weighted by molar-refractivity contribution is 0.182. The molecule has 1 aliphatic heterocycles. The second-order valence-electron chi connectivity index (χ2n) is 6.10. The molecule has 24 heavy (non-hydrogen) atoms. The van der Waals surface area contributed by atoms with Crippen LogP contribution in [-0.4, -0.2) is 38.6 Å². The molecule has 0 amide bonds. The molecular formula is C17H19N5O2. The SMILES string of the molecule is Cc1ccc(=O)n(C2COCC2Nc2nc3ccccc3n2C)n1. The lowest BCUT2D eigenvalue weighted by Gasteiger charge is -2.20. The van der Waals surface area contributed by atoms with Gasteiger partial charge in [-0.25, -0.2) is 9.67 Å². The van der Waals surface area contributed by atoms with Gasteiger partial charge in [0.2, 0.25) is 5.95 Å². The van der Waals surface area contributed by atoms with Crippen molar-refractivity contribution in [3.8, 4) is 0 Å². The molecule has 0 bridgehead atoms. The molecule has 3 aromatic rings. The lowest BCUT2D eigenvalue weighted by atomic mass is 10.2. The molecular weight excluding hydrogens is 306 g/mol. The van der Waals surface area contributed by atoms with Crippen molar-refractivity contribution in [2.45, 2.75) is 19.0 Å². The van der Waals surface area contributed by atoms with E-state index >= 15 is 0 Å². The molecule has 1 aliphatic rings. The Hall–Kier alpha value is -2.67. The standard InChI is InChI=1S/C17H19N5O2/c1-11-7-8-16(23)22(20-11)15-10-24-9-13(15)19-17-18-12-5-3-4-6-14(12)21(17)2/h3-8,13,15H,9-10H2,1-2H3,(H,18,19). The van der Waals surface area contributed by atoms with Gasteiger partial charge in [-0.05, 0) is 25.1 Å². The first kappa shape index (κ1) is 14.9. The van der Waals surface area contributed by atoms with Crippen molar-refractivity contribution in [1.29, 1.82) is 0 Å². The minimum absolute atomic E-state index is 0.0625. The summed E-state index contributed by atoms with van der Waals surface area (Å²) in [6.07, 6.45) is 0. The van der Waals surface area contributed by atoms with Crippen LogP contribution in [0.5, 0.6) is 0 Å². The van der Waals surface area contributed by atoms with E-state index in [2.05, 4.69) is 15.4 Å². The van der Waals surface area contributed by atoms with Crippen molar-refractivity contribution < 1.29 is 4.74 Å². The first-order valence-corrected chi connectivity index (χ1v) is 7.96. The lowest BCUT2D eigenvalue weighted by Crippen LogP contribution is -2.37. The fourth-order valence-corrected chi connectivity index (χ4v) is 3.12. The fraction of sp³-hybridized carbons (Fsp3) is 0.353. The molecule has 1 saturated heterocycles. The summed E-state index contributed by atoms with van der Waals surface area (Å²) in [5, 5.41) is 7.79. The van der Waals surface area contributed by atoms with Crippen LogP contribution in [0.2, 0.25) is 0 Å². The number of rotatable bonds is 3. The van der Waals surface area contributed by atoms with Crippen LogP contribution in [-0.2, 0) is 11.8 Å². The minimum atomic E-state index is -0.155. The highest BCUT2D eigenvalue weighted by Crippen LogP contribution is 2.24. The summed E-state index contributed by atoms with van der Waals surface area (Å²) in [6.45, 7) is 2.84. The molecule has 2 aromatic heterocycles. The highest BCUT2D eigenvalue weighted by atomic mass is 16.5. The fourth-order valence-electron chi connectivity index (χ4n) is 3.12. The highest BCUT2D eigenvalue weighted by molar-refractivity contribution is 5.78. The number of nitrogens with zero attached hydrogens (tertiary/aromatic N) is 4. The van der Waals surface area contributed by atoms with E-state index in [9.17, 15) is 4.79 Å². The van der Waals surface area contributed by atoms with Gasteiger partial charge in [0.1, 0.15) is 6.04 Å². The third-order valence-corrected chi connectivity index (χ3v) is 4.42. The zero-order valence-corrected chi connectivity index (χ0v) is 13.6. The highest BCUT2D eigenvalue weighted by Gasteiger charge is 2.32. The molecule has 2 unspecified atom stereocenters. The van der Waals surface area contributed by atoms with E-state index in [-0.39, 0.29) is 17.6 Å². The quantitative estimate of drug-likeness (QED) is 0.790. The van der Waals surface area contributed by atoms with Gasteiger partial charge in [0.25, 0.3) is 5.56 Å².